The van der Waals surface area contributed by atoms with Gasteiger partial charge in [-0.3, -0.25) is 4.79 Å². The molecule has 0 saturated heterocycles. The Morgan fingerprint density at radius 2 is 2.41 bits per heavy atom. The molecule has 0 aliphatic heterocycles. The predicted molar refractivity (Wildman–Crippen MR) is 61.9 cm³/mol. The SMILES string of the molecule is CCN(CCCO)C(=O)Cn1cc(CN)nn1. The van der Waals surface area contributed by atoms with Crippen LogP contribution in [0.2, 0.25) is 0 Å². The molecule has 0 spiro atoms. The number of carbonyl (C=O) groups excluding carboxylic acids is 1. The van der Waals surface area contributed by atoms with Crippen molar-refractivity contribution in [3.8, 4) is 0 Å². The molecule has 7 heteroatoms. The first-order valence-electron chi connectivity index (χ1n) is 5.69. The van der Waals surface area contributed by atoms with Crippen LogP contribution in [0.15, 0.2) is 6.20 Å². The number of hydrogen-bond acceptors (Lipinski definition) is 5. The number of hydrogen-bond donors (Lipinski definition) is 2. The van der Waals surface area contributed by atoms with Crippen molar-refractivity contribution >= 4 is 5.91 Å². The van der Waals surface area contributed by atoms with Gasteiger partial charge in [0.25, 0.3) is 0 Å². The van der Waals surface area contributed by atoms with Crippen molar-refractivity contribution in [1.82, 2.24) is 19.9 Å². The average molecular weight is 241 g/mol. The number of aromatic nitrogens is 3. The van der Waals surface area contributed by atoms with E-state index in [2.05, 4.69) is 10.3 Å². The van der Waals surface area contributed by atoms with Crippen LogP contribution in [-0.2, 0) is 17.9 Å². The summed E-state index contributed by atoms with van der Waals surface area (Å²) in [5, 5.41) is 16.4. The van der Waals surface area contributed by atoms with Crippen molar-refractivity contribution in [3.63, 3.8) is 0 Å². The normalized spacial score (nSPS) is 10.5. The molecule has 1 aromatic heterocycles. The highest BCUT2D eigenvalue weighted by molar-refractivity contribution is 5.75. The van der Waals surface area contributed by atoms with Crippen LogP contribution >= 0.6 is 0 Å². The van der Waals surface area contributed by atoms with E-state index < -0.39 is 0 Å². The molecule has 0 unspecified atom stereocenters. The Hall–Kier alpha value is -1.47. The van der Waals surface area contributed by atoms with Gasteiger partial charge in [0.2, 0.25) is 5.91 Å². The van der Waals surface area contributed by atoms with Gasteiger partial charge >= 0.3 is 0 Å². The summed E-state index contributed by atoms with van der Waals surface area (Å²) in [4.78, 5) is 13.6. The molecular weight excluding hydrogens is 222 g/mol. The van der Waals surface area contributed by atoms with Crippen LogP contribution in [0.4, 0.5) is 0 Å². The molecule has 0 atom stereocenters. The lowest BCUT2D eigenvalue weighted by molar-refractivity contribution is -0.132. The quantitative estimate of drug-likeness (QED) is 0.636. The van der Waals surface area contributed by atoms with Gasteiger partial charge in [-0.25, -0.2) is 4.68 Å². The molecule has 0 aliphatic rings. The maximum atomic E-state index is 11.9. The second-order valence-electron chi connectivity index (χ2n) is 3.66. The zero-order valence-electron chi connectivity index (χ0n) is 10.0. The average Bonchev–Trinajstić information content (AvgIpc) is 2.77. The fraction of sp³-hybridized carbons (Fsp3) is 0.700. The predicted octanol–water partition coefficient (Wildman–Crippen LogP) is -1.03. The van der Waals surface area contributed by atoms with E-state index in [0.717, 1.165) is 0 Å². The smallest absolute Gasteiger partial charge is 0.244 e. The third kappa shape index (κ3) is 4.12. The molecule has 1 rings (SSSR count). The van der Waals surface area contributed by atoms with Gasteiger partial charge in [-0.2, -0.15) is 0 Å². The van der Waals surface area contributed by atoms with Crippen molar-refractivity contribution in [2.24, 2.45) is 5.73 Å². The summed E-state index contributed by atoms with van der Waals surface area (Å²) in [6, 6.07) is 0. The van der Waals surface area contributed by atoms with E-state index in [1.807, 2.05) is 6.92 Å². The van der Waals surface area contributed by atoms with Crippen LogP contribution in [0.3, 0.4) is 0 Å². The van der Waals surface area contributed by atoms with Crippen molar-refractivity contribution < 1.29 is 9.90 Å². The first-order valence-corrected chi connectivity index (χ1v) is 5.69. The van der Waals surface area contributed by atoms with Gasteiger partial charge in [-0.05, 0) is 13.3 Å². The number of carbonyl (C=O) groups is 1. The zero-order valence-corrected chi connectivity index (χ0v) is 10.0. The first-order chi connectivity index (χ1) is 8.21. The Bertz CT molecular complexity index is 352. The third-order valence-corrected chi connectivity index (χ3v) is 2.41. The highest BCUT2D eigenvalue weighted by Crippen LogP contribution is 1.97. The lowest BCUT2D eigenvalue weighted by Crippen LogP contribution is -2.35. The molecule has 3 N–H and O–H groups in total. The lowest BCUT2D eigenvalue weighted by atomic mass is 10.3. The van der Waals surface area contributed by atoms with E-state index in [0.29, 0.717) is 31.7 Å². The Morgan fingerprint density at radius 1 is 1.65 bits per heavy atom. The minimum Gasteiger partial charge on any atom is -0.396 e. The zero-order chi connectivity index (χ0) is 12.7. The molecule has 0 radical (unpaired) electrons. The fourth-order valence-electron chi connectivity index (χ4n) is 1.47. The largest absolute Gasteiger partial charge is 0.396 e. The van der Waals surface area contributed by atoms with Gasteiger partial charge in [0.1, 0.15) is 6.54 Å². The minimum absolute atomic E-state index is 0.0329. The van der Waals surface area contributed by atoms with Crippen LogP contribution in [0.1, 0.15) is 19.0 Å². The van der Waals surface area contributed by atoms with Crippen LogP contribution in [-0.4, -0.2) is 50.6 Å². The van der Waals surface area contributed by atoms with Gasteiger partial charge in [-0.15, -0.1) is 5.10 Å². The van der Waals surface area contributed by atoms with Crippen molar-refractivity contribution in [2.75, 3.05) is 19.7 Å². The van der Waals surface area contributed by atoms with Crippen molar-refractivity contribution in [1.29, 1.82) is 0 Å². The van der Waals surface area contributed by atoms with Crippen LogP contribution in [0.5, 0.6) is 0 Å². The summed E-state index contributed by atoms with van der Waals surface area (Å²) in [5.74, 6) is -0.0329. The van der Waals surface area contributed by atoms with E-state index in [9.17, 15) is 4.79 Å². The number of amides is 1. The van der Waals surface area contributed by atoms with Crippen LogP contribution < -0.4 is 5.73 Å². The Kier molecular flexibility index (Phi) is 5.58. The Balaban J connectivity index is 2.51. The molecular formula is C10H19N5O2. The van der Waals surface area contributed by atoms with Gasteiger partial charge in [0.05, 0.1) is 11.9 Å². The number of nitrogens with two attached hydrogens (primary N) is 1. The third-order valence-electron chi connectivity index (χ3n) is 2.41. The van der Waals surface area contributed by atoms with E-state index >= 15 is 0 Å². The summed E-state index contributed by atoms with van der Waals surface area (Å²) in [6.45, 7) is 3.65. The maximum absolute atomic E-state index is 11.9. The number of likely N-dealkylation sites (N-methyl/N-ethyl adjacent to an activating group) is 1. The van der Waals surface area contributed by atoms with Gasteiger partial charge in [-0.1, -0.05) is 5.21 Å². The molecule has 0 fully saturated rings. The summed E-state index contributed by atoms with van der Waals surface area (Å²) < 4.78 is 1.48. The topological polar surface area (TPSA) is 97.3 Å². The van der Waals surface area contributed by atoms with Crippen LogP contribution in [0, 0.1) is 0 Å². The van der Waals surface area contributed by atoms with E-state index in [-0.39, 0.29) is 19.1 Å². The summed E-state index contributed by atoms with van der Waals surface area (Å²) in [7, 11) is 0. The maximum Gasteiger partial charge on any atom is 0.244 e. The van der Waals surface area contributed by atoms with Gasteiger partial charge in [0, 0.05) is 26.2 Å². The molecule has 96 valence electrons. The first kappa shape index (κ1) is 13.6. The summed E-state index contributed by atoms with van der Waals surface area (Å²) in [5.41, 5.74) is 6.07. The molecule has 7 nitrogen and oxygen atoms in total. The number of aliphatic hydroxyl groups excluding tert-OH is 1. The monoisotopic (exact) mass is 241 g/mol. The second-order valence-corrected chi connectivity index (χ2v) is 3.66. The molecule has 0 saturated carbocycles. The highest BCUT2D eigenvalue weighted by atomic mass is 16.3. The molecule has 1 heterocycles. The lowest BCUT2D eigenvalue weighted by Gasteiger charge is -2.20. The number of nitrogens with zero attached hydrogens (tertiary/aromatic N) is 4. The summed E-state index contributed by atoms with van der Waals surface area (Å²) in [6.07, 6.45) is 2.25. The second kappa shape index (κ2) is 6.97. The van der Waals surface area contributed by atoms with Gasteiger partial charge < -0.3 is 15.7 Å². The Labute approximate surface area is 100 Å². The molecule has 1 aromatic rings. The molecule has 0 aliphatic carbocycles. The van der Waals surface area contributed by atoms with Crippen molar-refractivity contribution in [3.05, 3.63) is 11.9 Å². The number of aliphatic hydroxyl groups is 1. The van der Waals surface area contributed by atoms with E-state index in [1.54, 1.807) is 11.1 Å². The molecule has 1 amide bonds. The Morgan fingerprint density at radius 3 is 2.94 bits per heavy atom. The summed E-state index contributed by atoms with van der Waals surface area (Å²) >= 11 is 0. The van der Waals surface area contributed by atoms with E-state index in [4.69, 9.17) is 10.8 Å². The molecule has 17 heavy (non-hydrogen) atoms. The fourth-order valence-corrected chi connectivity index (χ4v) is 1.47. The number of rotatable bonds is 7. The highest BCUT2D eigenvalue weighted by Gasteiger charge is 2.12. The van der Waals surface area contributed by atoms with Crippen LogP contribution in [0.25, 0.3) is 0 Å². The van der Waals surface area contributed by atoms with Crippen molar-refractivity contribution in [2.45, 2.75) is 26.4 Å². The van der Waals surface area contributed by atoms with E-state index in [1.165, 1.54) is 4.68 Å². The molecule has 0 aromatic carbocycles. The van der Waals surface area contributed by atoms with Gasteiger partial charge in [0.15, 0.2) is 0 Å². The minimum atomic E-state index is -0.0329. The molecule has 0 bridgehead atoms. The standard InChI is InChI=1S/C10H19N5O2/c1-2-14(4-3-5-16)10(17)8-15-7-9(6-11)12-13-15/h7,16H,2-6,8,11H2,1H3.